The molecule has 0 aliphatic carbocycles. The van der Waals surface area contributed by atoms with Crippen LogP contribution < -0.4 is 10.6 Å². The van der Waals surface area contributed by atoms with Crippen LogP contribution in [0.15, 0.2) is 47.6 Å². The standard InChI is InChI=1S/C18H23FN4S.HI/c1-3-20-18(23-12-17-6-4-5-9-21-17)22-11-14-7-8-16(19)10-15(14)13-24-2;/h4-10H,3,11-13H2,1-2H3,(H2,20,22,23);1H. The number of hydrogen-bond donors (Lipinski definition) is 2. The van der Waals surface area contributed by atoms with Gasteiger partial charge in [0.2, 0.25) is 0 Å². The Labute approximate surface area is 170 Å². The highest BCUT2D eigenvalue weighted by molar-refractivity contribution is 14.0. The van der Waals surface area contributed by atoms with Gasteiger partial charge in [0.05, 0.1) is 18.8 Å². The van der Waals surface area contributed by atoms with Crippen LogP contribution in [0.1, 0.15) is 23.7 Å². The summed E-state index contributed by atoms with van der Waals surface area (Å²) in [5.41, 5.74) is 2.99. The van der Waals surface area contributed by atoms with Gasteiger partial charge >= 0.3 is 0 Å². The van der Waals surface area contributed by atoms with Gasteiger partial charge in [0.1, 0.15) is 5.82 Å². The van der Waals surface area contributed by atoms with Crippen LogP contribution >= 0.6 is 35.7 Å². The molecule has 0 fully saturated rings. The summed E-state index contributed by atoms with van der Waals surface area (Å²) in [7, 11) is 0. The first-order valence-electron chi connectivity index (χ1n) is 7.91. The van der Waals surface area contributed by atoms with Crippen LogP contribution in [-0.2, 0) is 18.8 Å². The van der Waals surface area contributed by atoms with Crippen LogP contribution in [-0.4, -0.2) is 23.7 Å². The molecule has 0 aliphatic heterocycles. The highest BCUT2D eigenvalue weighted by Gasteiger charge is 2.05. The molecule has 136 valence electrons. The second-order valence-electron chi connectivity index (χ2n) is 5.22. The molecule has 0 spiro atoms. The van der Waals surface area contributed by atoms with Crippen LogP contribution in [0, 0.1) is 5.82 Å². The lowest BCUT2D eigenvalue weighted by Gasteiger charge is -2.12. The maximum atomic E-state index is 13.4. The topological polar surface area (TPSA) is 49.3 Å². The predicted octanol–water partition coefficient (Wildman–Crippen LogP) is 3.96. The summed E-state index contributed by atoms with van der Waals surface area (Å²) in [4.78, 5) is 8.89. The molecule has 0 aliphatic rings. The van der Waals surface area contributed by atoms with E-state index in [0.717, 1.165) is 35.1 Å². The van der Waals surface area contributed by atoms with Gasteiger partial charge in [-0.3, -0.25) is 4.98 Å². The van der Waals surface area contributed by atoms with Crippen molar-refractivity contribution in [3.63, 3.8) is 0 Å². The van der Waals surface area contributed by atoms with Crippen molar-refractivity contribution in [2.24, 2.45) is 4.99 Å². The third-order valence-electron chi connectivity index (χ3n) is 3.38. The molecule has 0 saturated carbocycles. The van der Waals surface area contributed by atoms with Crippen LogP contribution in [0.2, 0.25) is 0 Å². The van der Waals surface area contributed by atoms with E-state index in [1.54, 1.807) is 24.0 Å². The molecule has 2 rings (SSSR count). The smallest absolute Gasteiger partial charge is 0.191 e. The SMILES string of the molecule is CCNC(=NCc1ccc(F)cc1CSC)NCc1ccccn1.I. The van der Waals surface area contributed by atoms with Crippen LogP contribution in [0.5, 0.6) is 0 Å². The lowest BCUT2D eigenvalue weighted by atomic mass is 10.1. The van der Waals surface area contributed by atoms with E-state index in [0.29, 0.717) is 13.1 Å². The Balaban J connectivity index is 0.00000312. The van der Waals surface area contributed by atoms with Gasteiger partial charge in [0.15, 0.2) is 5.96 Å². The Hall–Kier alpha value is -1.35. The van der Waals surface area contributed by atoms with E-state index in [1.165, 1.54) is 6.07 Å². The lowest BCUT2D eigenvalue weighted by Crippen LogP contribution is -2.37. The first-order valence-corrected chi connectivity index (χ1v) is 9.30. The summed E-state index contributed by atoms with van der Waals surface area (Å²) in [5.74, 6) is 1.30. The molecule has 0 saturated heterocycles. The number of nitrogens with one attached hydrogen (secondary N) is 2. The van der Waals surface area contributed by atoms with E-state index in [9.17, 15) is 4.39 Å². The van der Waals surface area contributed by atoms with Crippen molar-refractivity contribution in [1.82, 2.24) is 15.6 Å². The molecule has 1 aromatic carbocycles. The number of aromatic nitrogens is 1. The first kappa shape index (κ1) is 21.7. The van der Waals surface area contributed by atoms with Gasteiger partial charge < -0.3 is 10.6 Å². The molecule has 4 nitrogen and oxygen atoms in total. The molecule has 2 aromatic rings. The third kappa shape index (κ3) is 7.60. The maximum absolute atomic E-state index is 13.4. The minimum Gasteiger partial charge on any atom is -0.357 e. The van der Waals surface area contributed by atoms with Gasteiger partial charge in [-0.1, -0.05) is 12.1 Å². The van der Waals surface area contributed by atoms with Crippen molar-refractivity contribution in [3.8, 4) is 0 Å². The molecule has 0 unspecified atom stereocenters. The zero-order valence-electron chi connectivity index (χ0n) is 14.5. The fourth-order valence-corrected chi connectivity index (χ4v) is 2.80. The Morgan fingerprint density at radius 1 is 1.20 bits per heavy atom. The molecule has 0 radical (unpaired) electrons. The molecule has 0 bridgehead atoms. The molecule has 25 heavy (non-hydrogen) atoms. The normalized spacial score (nSPS) is 10.9. The minimum atomic E-state index is -0.202. The monoisotopic (exact) mass is 474 g/mol. The number of guanidine groups is 1. The quantitative estimate of drug-likeness (QED) is 0.363. The molecular weight excluding hydrogens is 450 g/mol. The Morgan fingerprint density at radius 2 is 2.04 bits per heavy atom. The molecule has 2 N–H and O–H groups in total. The van der Waals surface area contributed by atoms with Crippen LogP contribution in [0.4, 0.5) is 4.39 Å². The highest BCUT2D eigenvalue weighted by atomic mass is 127. The number of hydrogen-bond acceptors (Lipinski definition) is 3. The van der Waals surface area contributed by atoms with Gasteiger partial charge in [-0.2, -0.15) is 11.8 Å². The average Bonchev–Trinajstić information content (AvgIpc) is 2.60. The third-order valence-corrected chi connectivity index (χ3v) is 3.98. The van der Waals surface area contributed by atoms with E-state index in [-0.39, 0.29) is 29.8 Å². The number of pyridine rings is 1. The van der Waals surface area contributed by atoms with E-state index >= 15 is 0 Å². The second kappa shape index (κ2) is 12.1. The first-order chi connectivity index (χ1) is 11.7. The van der Waals surface area contributed by atoms with Crippen LogP contribution in [0.3, 0.4) is 0 Å². The number of benzene rings is 1. The van der Waals surface area contributed by atoms with Gasteiger partial charge in [-0.05, 0) is 48.6 Å². The summed E-state index contributed by atoms with van der Waals surface area (Å²) in [6, 6.07) is 10.7. The fourth-order valence-electron chi connectivity index (χ4n) is 2.22. The van der Waals surface area contributed by atoms with Crippen molar-refractivity contribution in [1.29, 1.82) is 0 Å². The highest BCUT2D eigenvalue weighted by Crippen LogP contribution is 2.17. The number of nitrogens with zero attached hydrogens (tertiary/aromatic N) is 2. The maximum Gasteiger partial charge on any atom is 0.191 e. The summed E-state index contributed by atoms with van der Waals surface area (Å²) in [5, 5.41) is 6.48. The van der Waals surface area contributed by atoms with Crippen molar-refractivity contribution >= 4 is 41.7 Å². The summed E-state index contributed by atoms with van der Waals surface area (Å²) < 4.78 is 13.4. The number of aliphatic imine (C=N–C) groups is 1. The second-order valence-corrected chi connectivity index (χ2v) is 6.08. The summed E-state index contributed by atoms with van der Waals surface area (Å²) in [6.07, 6.45) is 3.78. The molecule has 7 heteroatoms. The largest absolute Gasteiger partial charge is 0.357 e. The molecule has 0 atom stereocenters. The Morgan fingerprint density at radius 3 is 2.72 bits per heavy atom. The minimum absolute atomic E-state index is 0. The van der Waals surface area contributed by atoms with Crippen LogP contribution in [0.25, 0.3) is 0 Å². The number of rotatable bonds is 7. The number of halogens is 2. The van der Waals surface area contributed by atoms with E-state index in [4.69, 9.17) is 0 Å². The van der Waals surface area contributed by atoms with E-state index in [1.807, 2.05) is 37.4 Å². The van der Waals surface area contributed by atoms with E-state index < -0.39 is 0 Å². The molecule has 1 aromatic heterocycles. The van der Waals surface area contributed by atoms with Crippen molar-refractivity contribution in [3.05, 3.63) is 65.2 Å². The number of thioether (sulfide) groups is 1. The Kier molecular flexibility index (Phi) is 10.5. The zero-order valence-corrected chi connectivity index (χ0v) is 17.6. The van der Waals surface area contributed by atoms with Crippen molar-refractivity contribution in [2.75, 3.05) is 12.8 Å². The van der Waals surface area contributed by atoms with Crippen molar-refractivity contribution in [2.45, 2.75) is 25.8 Å². The fraction of sp³-hybridized carbons (Fsp3) is 0.333. The van der Waals surface area contributed by atoms with Gasteiger partial charge in [-0.25, -0.2) is 9.38 Å². The predicted molar refractivity (Wildman–Crippen MR) is 115 cm³/mol. The summed E-state index contributed by atoms with van der Waals surface area (Å²) in [6.45, 7) is 3.91. The van der Waals surface area contributed by atoms with Crippen molar-refractivity contribution < 1.29 is 4.39 Å². The Bertz CT molecular complexity index is 667. The van der Waals surface area contributed by atoms with E-state index in [2.05, 4.69) is 20.6 Å². The molecular formula is C18H24FIN4S. The van der Waals surface area contributed by atoms with Gasteiger partial charge in [0, 0.05) is 18.5 Å². The van der Waals surface area contributed by atoms with Gasteiger partial charge in [0.25, 0.3) is 0 Å². The van der Waals surface area contributed by atoms with Gasteiger partial charge in [-0.15, -0.1) is 24.0 Å². The summed E-state index contributed by atoms with van der Waals surface area (Å²) >= 11 is 1.67. The zero-order chi connectivity index (χ0) is 17.2. The average molecular weight is 474 g/mol. The molecule has 1 heterocycles. The molecule has 0 amide bonds. The lowest BCUT2D eigenvalue weighted by molar-refractivity contribution is 0.625.